The Bertz CT molecular complexity index is 352. The first-order valence-corrected chi connectivity index (χ1v) is 5.46. The molecule has 1 saturated carbocycles. The molecule has 2 atom stereocenters. The number of carbonyl (C=O) groups excluding carboxylic acids is 1. The van der Waals surface area contributed by atoms with Crippen molar-refractivity contribution in [3.05, 3.63) is 24.5 Å². The van der Waals surface area contributed by atoms with E-state index in [0.29, 0.717) is 5.76 Å². The molecule has 0 spiro atoms. The molecule has 15 heavy (non-hydrogen) atoms. The highest BCUT2D eigenvalue weighted by Crippen LogP contribution is 2.57. The number of carbonyl (C=O) groups is 1. The Morgan fingerprint density at radius 2 is 2.27 bits per heavy atom. The third kappa shape index (κ3) is 1.20. The van der Waals surface area contributed by atoms with Gasteiger partial charge in [0.25, 0.3) is 0 Å². The number of allylic oxidation sites excluding steroid dienone is 1. The summed E-state index contributed by atoms with van der Waals surface area (Å²) in [5.41, 5.74) is -0.450. The van der Waals surface area contributed by atoms with Crippen molar-refractivity contribution in [3.8, 4) is 0 Å². The van der Waals surface area contributed by atoms with Gasteiger partial charge in [-0.1, -0.05) is 26.5 Å². The van der Waals surface area contributed by atoms with Gasteiger partial charge in [-0.15, -0.1) is 0 Å². The fourth-order valence-electron chi connectivity index (χ4n) is 3.11. The molecule has 1 aliphatic heterocycles. The molecule has 0 radical (unpaired) electrons. The zero-order chi connectivity index (χ0) is 11.3. The molecule has 0 saturated heterocycles. The first kappa shape index (κ1) is 10.5. The summed E-state index contributed by atoms with van der Waals surface area (Å²) in [5.74, 6) is 0.883. The Labute approximate surface area is 91.0 Å². The molecule has 2 rings (SSSR count). The Kier molecular flexibility index (Phi) is 2.07. The van der Waals surface area contributed by atoms with Gasteiger partial charge in [-0.3, -0.25) is 4.79 Å². The van der Waals surface area contributed by atoms with E-state index in [1.807, 2.05) is 12.2 Å². The average molecular weight is 206 g/mol. The molecule has 0 bridgehead atoms. The summed E-state index contributed by atoms with van der Waals surface area (Å²) in [6.07, 6.45) is 5.80. The van der Waals surface area contributed by atoms with E-state index < -0.39 is 5.41 Å². The third-order valence-electron chi connectivity index (χ3n) is 4.07. The van der Waals surface area contributed by atoms with E-state index in [9.17, 15) is 4.79 Å². The van der Waals surface area contributed by atoms with Crippen LogP contribution in [-0.4, -0.2) is 11.9 Å². The van der Waals surface area contributed by atoms with Crippen LogP contribution in [0.25, 0.3) is 0 Å². The minimum atomic E-state index is -0.436. The summed E-state index contributed by atoms with van der Waals surface area (Å²) in [6, 6.07) is 0. The molecule has 2 unspecified atom stereocenters. The first-order valence-electron chi connectivity index (χ1n) is 5.46. The fourth-order valence-corrected chi connectivity index (χ4v) is 3.11. The summed E-state index contributed by atoms with van der Waals surface area (Å²) in [7, 11) is 0. The molecule has 1 fully saturated rings. The normalized spacial score (nSPS) is 37.3. The van der Waals surface area contributed by atoms with Gasteiger partial charge in [0.1, 0.15) is 17.6 Å². The predicted octanol–water partition coefficient (Wildman–Crippen LogP) is 2.85. The molecule has 1 heterocycles. The van der Waals surface area contributed by atoms with Gasteiger partial charge in [-0.2, -0.15) is 0 Å². The molecule has 0 aromatic heterocycles. The fraction of sp³-hybridized carbons (Fsp3) is 0.615. The molecule has 82 valence electrons. The molecule has 0 aromatic rings. The lowest BCUT2D eigenvalue weighted by Crippen LogP contribution is -2.47. The third-order valence-corrected chi connectivity index (χ3v) is 4.07. The van der Waals surface area contributed by atoms with Gasteiger partial charge >= 0.3 is 0 Å². The number of ether oxygens (including phenoxy) is 1. The molecule has 0 aromatic carbocycles. The number of ketones is 1. The largest absolute Gasteiger partial charge is 0.490 e. The minimum Gasteiger partial charge on any atom is -0.490 e. The standard InChI is InChI=1S/C13H18O2/c1-9-5-8-13(10(2)14)11(15-9)6-7-12(13,3)4/h5,8,11H,1,6-7H2,2-4H3. The Morgan fingerprint density at radius 3 is 2.87 bits per heavy atom. The van der Waals surface area contributed by atoms with Crippen LogP contribution in [0.1, 0.15) is 33.6 Å². The lowest BCUT2D eigenvalue weighted by atomic mass is 9.64. The molecule has 0 amide bonds. The first-order chi connectivity index (χ1) is 6.90. The van der Waals surface area contributed by atoms with Crippen LogP contribution in [0.5, 0.6) is 0 Å². The van der Waals surface area contributed by atoms with Gasteiger partial charge in [-0.05, 0) is 31.3 Å². The number of fused-ring (bicyclic) bond motifs is 1. The van der Waals surface area contributed by atoms with Gasteiger partial charge in [0.05, 0.1) is 5.41 Å². The number of rotatable bonds is 1. The van der Waals surface area contributed by atoms with Crippen molar-refractivity contribution in [2.24, 2.45) is 10.8 Å². The van der Waals surface area contributed by atoms with E-state index in [0.717, 1.165) is 12.8 Å². The van der Waals surface area contributed by atoms with Gasteiger partial charge in [-0.25, -0.2) is 0 Å². The van der Waals surface area contributed by atoms with Crippen LogP contribution in [0.2, 0.25) is 0 Å². The molecule has 1 aliphatic carbocycles. The van der Waals surface area contributed by atoms with E-state index in [2.05, 4.69) is 20.4 Å². The lowest BCUT2D eigenvalue weighted by molar-refractivity contribution is -0.135. The van der Waals surface area contributed by atoms with Crippen molar-refractivity contribution in [2.75, 3.05) is 0 Å². The van der Waals surface area contributed by atoms with Crippen LogP contribution in [0.15, 0.2) is 24.5 Å². The molecule has 2 nitrogen and oxygen atoms in total. The maximum atomic E-state index is 12.0. The van der Waals surface area contributed by atoms with Crippen LogP contribution in [-0.2, 0) is 9.53 Å². The van der Waals surface area contributed by atoms with Crippen LogP contribution < -0.4 is 0 Å². The Hall–Kier alpha value is -1.05. The quantitative estimate of drug-likeness (QED) is 0.659. The topological polar surface area (TPSA) is 26.3 Å². The zero-order valence-electron chi connectivity index (χ0n) is 9.67. The molecule has 2 aliphatic rings. The smallest absolute Gasteiger partial charge is 0.144 e. The van der Waals surface area contributed by atoms with Crippen molar-refractivity contribution >= 4 is 5.78 Å². The van der Waals surface area contributed by atoms with Crippen molar-refractivity contribution in [2.45, 2.75) is 39.7 Å². The summed E-state index contributed by atoms with van der Waals surface area (Å²) < 4.78 is 5.71. The van der Waals surface area contributed by atoms with E-state index >= 15 is 0 Å². The lowest BCUT2D eigenvalue weighted by Gasteiger charge is -2.42. The zero-order valence-corrected chi connectivity index (χ0v) is 9.67. The molecular weight excluding hydrogens is 188 g/mol. The maximum absolute atomic E-state index is 12.0. The Balaban J connectivity index is 2.54. The number of hydrogen-bond donors (Lipinski definition) is 0. The minimum absolute atomic E-state index is 0.0116. The van der Waals surface area contributed by atoms with Crippen LogP contribution in [0.3, 0.4) is 0 Å². The molecule has 0 N–H and O–H groups in total. The highest BCUT2D eigenvalue weighted by atomic mass is 16.5. The van der Waals surface area contributed by atoms with Gasteiger partial charge in [0, 0.05) is 0 Å². The second-order valence-electron chi connectivity index (χ2n) is 5.25. The molecule has 2 heteroatoms. The second-order valence-corrected chi connectivity index (χ2v) is 5.25. The van der Waals surface area contributed by atoms with Gasteiger partial charge < -0.3 is 4.74 Å². The summed E-state index contributed by atoms with van der Waals surface area (Å²) >= 11 is 0. The predicted molar refractivity (Wildman–Crippen MR) is 59.3 cm³/mol. The average Bonchev–Trinajstić information content (AvgIpc) is 2.39. The monoisotopic (exact) mass is 206 g/mol. The van der Waals surface area contributed by atoms with Crippen molar-refractivity contribution in [3.63, 3.8) is 0 Å². The highest BCUT2D eigenvalue weighted by Gasteiger charge is 2.59. The van der Waals surface area contributed by atoms with Gasteiger partial charge in [0.15, 0.2) is 0 Å². The van der Waals surface area contributed by atoms with E-state index in [-0.39, 0.29) is 17.3 Å². The molecular formula is C13H18O2. The van der Waals surface area contributed by atoms with E-state index in [1.165, 1.54) is 0 Å². The SMILES string of the molecule is C=C1C=CC2(C(C)=O)C(CCC2(C)C)O1. The van der Waals surface area contributed by atoms with Crippen LogP contribution in [0, 0.1) is 10.8 Å². The second kappa shape index (κ2) is 2.97. The van der Waals surface area contributed by atoms with E-state index in [1.54, 1.807) is 6.92 Å². The number of Topliss-reactive ketones (excluding diaryl/α,β-unsaturated/α-hetero) is 1. The van der Waals surface area contributed by atoms with Gasteiger partial charge in [0.2, 0.25) is 0 Å². The summed E-state index contributed by atoms with van der Waals surface area (Å²) in [5, 5.41) is 0. The van der Waals surface area contributed by atoms with Crippen molar-refractivity contribution in [1.82, 2.24) is 0 Å². The van der Waals surface area contributed by atoms with Crippen LogP contribution in [0.4, 0.5) is 0 Å². The van der Waals surface area contributed by atoms with E-state index in [4.69, 9.17) is 4.74 Å². The summed E-state index contributed by atoms with van der Waals surface area (Å²) in [4.78, 5) is 12.0. The van der Waals surface area contributed by atoms with Crippen molar-refractivity contribution in [1.29, 1.82) is 0 Å². The number of hydrogen-bond acceptors (Lipinski definition) is 2. The highest BCUT2D eigenvalue weighted by molar-refractivity contribution is 5.87. The maximum Gasteiger partial charge on any atom is 0.144 e. The summed E-state index contributed by atoms with van der Waals surface area (Å²) in [6.45, 7) is 9.76. The van der Waals surface area contributed by atoms with Crippen LogP contribution >= 0.6 is 0 Å². The Morgan fingerprint density at radius 1 is 1.60 bits per heavy atom. The van der Waals surface area contributed by atoms with Crippen molar-refractivity contribution < 1.29 is 9.53 Å².